The van der Waals surface area contributed by atoms with Gasteiger partial charge in [0.15, 0.2) is 0 Å². The number of halogens is 3. The van der Waals surface area contributed by atoms with Gasteiger partial charge in [0.2, 0.25) is 0 Å². The molecule has 1 rings (SSSR count). The average molecular weight is 259 g/mol. The molecular formula is C14H20F3N. The van der Waals surface area contributed by atoms with Gasteiger partial charge in [0, 0.05) is 12.6 Å². The van der Waals surface area contributed by atoms with E-state index in [1.54, 1.807) is 6.07 Å². The van der Waals surface area contributed by atoms with Crippen LogP contribution in [-0.2, 0) is 12.7 Å². The topological polar surface area (TPSA) is 12.0 Å². The maximum atomic E-state index is 12.7. The van der Waals surface area contributed by atoms with E-state index in [2.05, 4.69) is 12.2 Å². The number of benzene rings is 1. The van der Waals surface area contributed by atoms with Crippen LogP contribution in [0.2, 0.25) is 0 Å². The van der Waals surface area contributed by atoms with Crippen molar-refractivity contribution in [1.29, 1.82) is 0 Å². The molecule has 18 heavy (non-hydrogen) atoms. The molecule has 0 aliphatic carbocycles. The Hall–Kier alpha value is -1.03. The summed E-state index contributed by atoms with van der Waals surface area (Å²) in [5, 5.41) is 3.15. The smallest absolute Gasteiger partial charge is 0.310 e. The van der Waals surface area contributed by atoms with Crippen LogP contribution >= 0.6 is 0 Å². The molecule has 1 aromatic carbocycles. The second kappa shape index (κ2) is 6.78. The van der Waals surface area contributed by atoms with Gasteiger partial charge < -0.3 is 5.32 Å². The van der Waals surface area contributed by atoms with E-state index in [1.807, 2.05) is 6.92 Å². The number of hydrogen-bond donors (Lipinski definition) is 1. The fourth-order valence-electron chi connectivity index (χ4n) is 1.85. The number of hydrogen-bond acceptors (Lipinski definition) is 1. The van der Waals surface area contributed by atoms with Crippen molar-refractivity contribution in [2.45, 2.75) is 51.9 Å². The quantitative estimate of drug-likeness (QED) is 0.799. The minimum atomic E-state index is -4.27. The lowest BCUT2D eigenvalue weighted by molar-refractivity contribution is -0.138. The van der Waals surface area contributed by atoms with E-state index in [9.17, 15) is 13.2 Å². The summed E-state index contributed by atoms with van der Waals surface area (Å²) in [7, 11) is 0. The number of rotatable bonds is 6. The zero-order valence-electron chi connectivity index (χ0n) is 10.8. The Morgan fingerprint density at radius 3 is 2.50 bits per heavy atom. The monoisotopic (exact) mass is 259 g/mol. The third-order valence-electron chi connectivity index (χ3n) is 2.95. The Labute approximate surface area is 106 Å². The van der Waals surface area contributed by atoms with Crippen LogP contribution in [0.4, 0.5) is 13.2 Å². The summed E-state index contributed by atoms with van der Waals surface area (Å²) in [5.41, 5.74) is -0.228. The minimum absolute atomic E-state index is 0.242. The first kappa shape index (κ1) is 15.0. The highest BCUT2D eigenvalue weighted by Crippen LogP contribution is 2.31. The average Bonchev–Trinajstić information content (AvgIpc) is 2.33. The summed E-state index contributed by atoms with van der Waals surface area (Å²) in [6.45, 7) is 4.37. The summed E-state index contributed by atoms with van der Waals surface area (Å²) >= 11 is 0. The summed E-state index contributed by atoms with van der Waals surface area (Å²) in [5.74, 6) is 0. The highest BCUT2D eigenvalue weighted by atomic mass is 19.4. The number of alkyl halides is 3. The summed E-state index contributed by atoms with van der Waals surface area (Å²) in [4.78, 5) is 0. The standard InChI is InChI=1S/C14H20F3N/c1-3-4-7-11(2)18-10-12-8-5-6-9-13(12)14(15,16)17/h5-6,8-9,11,18H,3-4,7,10H2,1-2H3. The van der Waals surface area contributed by atoms with Gasteiger partial charge in [0.1, 0.15) is 0 Å². The Morgan fingerprint density at radius 2 is 1.89 bits per heavy atom. The van der Waals surface area contributed by atoms with Gasteiger partial charge in [-0.1, -0.05) is 38.0 Å². The van der Waals surface area contributed by atoms with Crippen molar-refractivity contribution in [2.75, 3.05) is 0 Å². The third kappa shape index (κ3) is 4.69. The first-order valence-electron chi connectivity index (χ1n) is 6.33. The molecule has 1 aromatic rings. The van der Waals surface area contributed by atoms with Crippen LogP contribution in [0.5, 0.6) is 0 Å². The van der Waals surface area contributed by atoms with Crippen LogP contribution in [0.3, 0.4) is 0 Å². The zero-order chi connectivity index (χ0) is 13.6. The van der Waals surface area contributed by atoms with E-state index in [-0.39, 0.29) is 12.6 Å². The largest absolute Gasteiger partial charge is 0.416 e. The maximum absolute atomic E-state index is 12.7. The molecule has 0 aromatic heterocycles. The van der Waals surface area contributed by atoms with Crippen LogP contribution in [-0.4, -0.2) is 6.04 Å². The van der Waals surface area contributed by atoms with Gasteiger partial charge in [-0.3, -0.25) is 0 Å². The van der Waals surface area contributed by atoms with E-state index in [1.165, 1.54) is 12.1 Å². The minimum Gasteiger partial charge on any atom is -0.310 e. The van der Waals surface area contributed by atoms with Crippen molar-refractivity contribution in [2.24, 2.45) is 0 Å². The predicted octanol–water partition coefficient (Wildman–Crippen LogP) is 4.37. The zero-order valence-corrected chi connectivity index (χ0v) is 10.8. The fourth-order valence-corrected chi connectivity index (χ4v) is 1.85. The first-order chi connectivity index (χ1) is 8.45. The second-order valence-corrected chi connectivity index (χ2v) is 4.58. The predicted molar refractivity (Wildman–Crippen MR) is 67.3 cm³/mol. The lowest BCUT2D eigenvalue weighted by Gasteiger charge is -2.16. The van der Waals surface area contributed by atoms with Crippen LogP contribution < -0.4 is 5.32 Å². The maximum Gasteiger partial charge on any atom is 0.416 e. The molecule has 0 amide bonds. The highest BCUT2D eigenvalue weighted by Gasteiger charge is 2.32. The van der Waals surface area contributed by atoms with Gasteiger partial charge in [0.05, 0.1) is 5.56 Å². The van der Waals surface area contributed by atoms with Crippen molar-refractivity contribution < 1.29 is 13.2 Å². The van der Waals surface area contributed by atoms with Crippen LogP contribution in [0.15, 0.2) is 24.3 Å². The van der Waals surface area contributed by atoms with Gasteiger partial charge in [0.25, 0.3) is 0 Å². The molecule has 0 bridgehead atoms. The molecule has 0 aliphatic rings. The lowest BCUT2D eigenvalue weighted by Crippen LogP contribution is -2.26. The van der Waals surface area contributed by atoms with Crippen LogP contribution in [0, 0.1) is 0 Å². The van der Waals surface area contributed by atoms with Crippen molar-refractivity contribution in [3.8, 4) is 0 Å². The van der Waals surface area contributed by atoms with E-state index in [4.69, 9.17) is 0 Å². The van der Waals surface area contributed by atoms with E-state index in [0.29, 0.717) is 5.56 Å². The van der Waals surface area contributed by atoms with E-state index in [0.717, 1.165) is 25.3 Å². The van der Waals surface area contributed by atoms with Crippen molar-refractivity contribution in [3.63, 3.8) is 0 Å². The summed E-state index contributed by atoms with van der Waals surface area (Å²) < 4.78 is 38.2. The SMILES string of the molecule is CCCCC(C)NCc1ccccc1C(F)(F)F. The van der Waals surface area contributed by atoms with Gasteiger partial charge in [-0.15, -0.1) is 0 Å². The van der Waals surface area contributed by atoms with Crippen molar-refractivity contribution in [3.05, 3.63) is 35.4 Å². The molecule has 0 heterocycles. The molecular weight excluding hydrogens is 239 g/mol. The molecule has 1 atom stereocenters. The summed E-state index contributed by atoms with van der Waals surface area (Å²) in [6, 6.07) is 5.97. The van der Waals surface area contributed by atoms with Gasteiger partial charge in [-0.05, 0) is 25.0 Å². The lowest BCUT2D eigenvalue weighted by atomic mass is 10.1. The summed E-state index contributed by atoms with van der Waals surface area (Å²) in [6.07, 6.45) is -1.09. The number of unbranched alkanes of at least 4 members (excludes halogenated alkanes) is 1. The van der Waals surface area contributed by atoms with Gasteiger partial charge in [-0.2, -0.15) is 13.2 Å². The molecule has 102 valence electrons. The molecule has 0 saturated carbocycles. The molecule has 1 unspecified atom stereocenters. The molecule has 0 fully saturated rings. The second-order valence-electron chi connectivity index (χ2n) is 4.58. The Balaban J connectivity index is 2.62. The van der Waals surface area contributed by atoms with Crippen LogP contribution in [0.1, 0.15) is 44.2 Å². The molecule has 0 saturated heterocycles. The van der Waals surface area contributed by atoms with Crippen molar-refractivity contribution in [1.82, 2.24) is 5.32 Å². The molecule has 4 heteroatoms. The first-order valence-corrected chi connectivity index (χ1v) is 6.33. The van der Waals surface area contributed by atoms with E-state index < -0.39 is 11.7 Å². The molecule has 0 spiro atoms. The molecule has 1 nitrogen and oxygen atoms in total. The Kier molecular flexibility index (Phi) is 5.66. The molecule has 0 aliphatic heterocycles. The van der Waals surface area contributed by atoms with E-state index >= 15 is 0 Å². The molecule has 0 radical (unpaired) electrons. The van der Waals surface area contributed by atoms with Gasteiger partial charge in [-0.25, -0.2) is 0 Å². The Morgan fingerprint density at radius 1 is 1.22 bits per heavy atom. The van der Waals surface area contributed by atoms with Gasteiger partial charge >= 0.3 is 6.18 Å². The Bertz CT molecular complexity index is 360. The highest BCUT2D eigenvalue weighted by molar-refractivity contribution is 5.29. The molecule has 1 N–H and O–H groups in total. The normalized spacial score (nSPS) is 13.6. The van der Waals surface area contributed by atoms with Crippen molar-refractivity contribution >= 4 is 0 Å². The number of nitrogens with one attached hydrogen (secondary N) is 1. The third-order valence-corrected chi connectivity index (χ3v) is 2.95. The van der Waals surface area contributed by atoms with Crippen LogP contribution in [0.25, 0.3) is 0 Å². The fraction of sp³-hybridized carbons (Fsp3) is 0.571.